The Morgan fingerprint density at radius 2 is 1.97 bits per heavy atom. The van der Waals surface area contributed by atoms with Crippen LogP contribution in [0.5, 0.6) is 0 Å². The number of imidazole rings is 1. The summed E-state index contributed by atoms with van der Waals surface area (Å²) in [4.78, 5) is 18.9. The fraction of sp³-hybridized carbons (Fsp3) is 0.333. The van der Waals surface area contributed by atoms with Gasteiger partial charge in [-0.3, -0.25) is 0 Å². The first-order chi connectivity index (χ1) is 14.3. The number of carbonyl (C=O) groups excluding carboxylic acids is 1. The van der Waals surface area contributed by atoms with Gasteiger partial charge in [0, 0.05) is 42.8 Å². The van der Waals surface area contributed by atoms with Crippen molar-refractivity contribution >= 4 is 27.4 Å². The summed E-state index contributed by atoms with van der Waals surface area (Å²) >= 11 is 0. The van der Waals surface area contributed by atoms with Crippen LogP contribution in [0, 0.1) is 6.92 Å². The van der Waals surface area contributed by atoms with E-state index in [0.29, 0.717) is 18.8 Å². The molecule has 30 heavy (non-hydrogen) atoms. The van der Waals surface area contributed by atoms with Gasteiger partial charge in [-0.05, 0) is 43.5 Å². The fourth-order valence-corrected chi connectivity index (χ4v) is 4.58. The molecule has 0 spiro atoms. The Labute approximate surface area is 176 Å². The van der Waals surface area contributed by atoms with E-state index in [1.807, 2.05) is 60.1 Å². The Kier molecular flexibility index (Phi) is 5.48. The molecule has 1 aliphatic rings. The van der Waals surface area contributed by atoms with E-state index in [-0.39, 0.29) is 12.1 Å². The van der Waals surface area contributed by atoms with Crippen molar-refractivity contribution in [3.8, 4) is 11.3 Å². The zero-order valence-corrected chi connectivity index (χ0v) is 17.8. The molecule has 2 amide bonds. The fourth-order valence-electron chi connectivity index (χ4n) is 3.78. The number of fused-ring (bicyclic) bond motifs is 1. The maximum absolute atomic E-state index is 12.6. The highest BCUT2D eigenvalue weighted by atomic mass is 32.2. The molecule has 2 N–H and O–H groups in total. The average Bonchev–Trinajstić information content (AvgIpc) is 3.13. The van der Waals surface area contributed by atoms with E-state index in [4.69, 9.17) is 4.98 Å². The van der Waals surface area contributed by atoms with Crippen molar-refractivity contribution < 1.29 is 13.2 Å². The molecule has 1 aliphatic heterocycles. The van der Waals surface area contributed by atoms with E-state index in [1.165, 1.54) is 0 Å². The van der Waals surface area contributed by atoms with Crippen molar-refractivity contribution in [3.05, 3.63) is 54.4 Å². The maximum atomic E-state index is 12.6. The van der Waals surface area contributed by atoms with Gasteiger partial charge in [0.2, 0.25) is 10.0 Å². The topological polar surface area (TPSA) is 95.8 Å². The lowest BCUT2D eigenvalue weighted by Crippen LogP contribution is -2.50. The van der Waals surface area contributed by atoms with Gasteiger partial charge in [-0.2, -0.15) is 0 Å². The Morgan fingerprint density at radius 1 is 1.20 bits per heavy atom. The van der Waals surface area contributed by atoms with E-state index < -0.39 is 10.0 Å². The smallest absolute Gasteiger partial charge is 0.321 e. The largest absolute Gasteiger partial charge is 0.323 e. The van der Waals surface area contributed by atoms with Crippen LogP contribution in [0.25, 0.3) is 16.9 Å². The van der Waals surface area contributed by atoms with E-state index in [9.17, 15) is 13.2 Å². The van der Waals surface area contributed by atoms with E-state index in [0.717, 1.165) is 41.6 Å². The van der Waals surface area contributed by atoms with E-state index in [1.54, 1.807) is 4.90 Å². The number of urea groups is 1. The number of aryl methyl sites for hydroxylation is 1. The third-order valence-corrected chi connectivity index (χ3v) is 5.96. The SMILES string of the molecule is Cc1cccn2cc(-c3ccc(NC(=O)N4CCCC(NS(C)(=O)=O)C4)cc3)nc12. The summed E-state index contributed by atoms with van der Waals surface area (Å²) < 4.78 is 27.5. The molecule has 158 valence electrons. The first-order valence-electron chi connectivity index (χ1n) is 9.86. The molecule has 0 saturated carbocycles. The zero-order chi connectivity index (χ0) is 21.3. The molecule has 3 heterocycles. The number of anilines is 1. The number of benzene rings is 1. The Morgan fingerprint density at radius 3 is 2.67 bits per heavy atom. The lowest BCUT2D eigenvalue weighted by Gasteiger charge is -2.32. The molecular formula is C21H25N5O3S. The average molecular weight is 428 g/mol. The van der Waals surface area contributed by atoms with Crippen LogP contribution in [0.15, 0.2) is 48.8 Å². The highest BCUT2D eigenvalue weighted by Crippen LogP contribution is 2.23. The molecule has 4 rings (SSSR count). The van der Waals surface area contributed by atoms with Crippen LogP contribution in [0.4, 0.5) is 10.5 Å². The lowest BCUT2D eigenvalue weighted by atomic mass is 10.1. The summed E-state index contributed by atoms with van der Waals surface area (Å²) in [5.41, 5.74) is 4.55. The van der Waals surface area contributed by atoms with Crippen LogP contribution >= 0.6 is 0 Å². The van der Waals surface area contributed by atoms with Crippen LogP contribution in [-0.2, 0) is 10.0 Å². The minimum absolute atomic E-state index is 0.230. The molecule has 0 aliphatic carbocycles. The van der Waals surface area contributed by atoms with Gasteiger partial charge in [0.1, 0.15) is 5.65 Å². The van der Waals surface area contributed by atoms with Crippen LogP contribution in [0.3, 0.4) is 0 Å². The van der Waals surface area contributed by atoms with Crippen LogP contribution in [-0.4, -0.2) is 54.1 Å². The van der Waals surface area contributed by atoms with Gasteiger partial charge in [-0.1, -0.05) is 18.2 Å². The van der Waals surface area contributed by atoms with Crippen molar-refractivity contribution in [1.82, 2.24) is 19.0 Å². The number of aromatic nitrogens is 2. The molecule has 1 atom stereocenters. The molecule has 8 nitrogen and oxygen atoms in total. The number of pyridine rings is 1. The van der Waals surface area contributed by atoms with Crippen LogP contribution in [0.2, 0.25) is 0 Å². The third-order valence-electron chi connectivity index (χ3n) is 5.20. The van der Waals surface area contributed by atoms with Crippen molar-refractivity contribution in [1.29, 1.82) is 0 Å². The van der Waals surface area contributed by atoms with Crippen molar-refractivity contribution in [2.24, 2.45) is 0 Å². The number of amides is 2. The van der Waals surface area contributed by atoms with Crippen molar-refractivity contribution in [3.63, 3.8) is 0 Å². The molecule has 1 unspecified atom stereocenters. The number of hydrogen-bond donors (Lipinski definition) is 2. The Balaban J connectivity index is 1.42. The first-order valence-corrected chi connectivity index (χ1v) is 11.8. The summed E-state index contributed by atoms with van der Waals surface area (Å²) in [5, 5.41) is 2.89. The second-order valence-corrected chi connectivity index (χ2v) is 9.51. The van der Waals surface area contributed by atoms with Crippen LogP contribution < -0.4 is 10.0 Å². The maximum Gasteiger partial charge on any atom is 0.321 e. The summed E-state index contributed by atoms with van der Waals surface area (Å²) in [7, 11) is -3.29. The number of sulfonamides is 1. The number of piperidine rings is 1. The molecule has 1 saturated heterocycles. The number of hydrogen-bond acceptors (Lipinski definition) is 4. The highest BCUT2D eigenvalue weighted by Gasteiger charge is 2.25. The van der Waals surface area contributed by atoms with Gasteiger partial charge in [0.05, 0.1) is 11.9 Å². The minimum atomic E-state index is -3.29. The quantitative estimate of drug-likeness (QED) is 0.669. The van der Waals surface area contributed by atoms with Gasteiger partial charge in [-0.15, -0.1) is 0 Å². The van der Waals surface area contributed by atoms with Gasteiger partial charge < -0.3 is 14.6 Å². The van der Waals surface area contributed by atoms with Gasteiger partial charge in [0.25, 0.3) is 0 Å². The van der Waals surface area contributed by atoms with E-state index >= 15 is 0 Å². The second-order valence-electron chi connectivity index (χ2n) is 7.73. The Bertz CT molecular complexity index is 1170. The normalized spacial score (nSPS) is 17.3. The molecule has 0 radical (unpaired) electrons. The predicted molar refractivity (Wildman–Crippen MR) is 117 cm³/mol. The lowest BCUT2D eigenvalue weighted by molar-refractivity contribution is 0.190. The number of nitrogens with one attached hydrogen (secondary N) is 2. The molecule has 9 heteroatoms. The highest BCUT2D eigenvalue weighted by molar-refractivity contribution is 7.88. The molecule has 0 bridgehead atoms. The third kappa shape index (κ3) is 4.63. The molecule has 2 aromatic heterocycles. The van der Waals surface area contributed by atoms with Crippen molar-refractivity contribution in [2.45, 2.75) is 25.8 Å². The molecule has 1 fully saturated rings. The molecule has 1 aromatic carbocycles. The standard InChI is InChI=1S/C21H25N5O3S/c1-15-5-3-11-25-14-19(23-20(15)25)16-7-9-17(10-8-16)22-21(27)26-12-4-6-18(13-26)24-30(2,28)29/h3,5,7-11,14,18,24H,4,6,12-13H2,1-2H3,(H,22,27). The predicted octanol–water partition coefficient (Wildman–Crippen LogP) is 2.86. The summed E-state index contributed by atoms with van der Waals surface area (Å²) in [6.45, 7) is 2.99. The summed E-state index contributed by atoms with van der Waals surface area (Å²) in [5.74, 6) is 0. The van der Waals surface area contributed by atoms with Crippen molar-refractivity contribution in [2.75, 3.05) is 24.7 Å². The van der Waals surface area contributed by atoms with Crippen LogP contribution in [0.1, 0.15) is 18.4 Å². The van der Waals surface area contributed by atoms with Gasteiger partial charge in [0.15, 0.2) is 0 Å². The number of nitrogens with zero attached hydrogens (tertiary/aromatic N) is 3. The monoisotopic (exact) mass is 427 g/mol. The van der Waals surface area contributed by atoms with Gasteiger partial charge >= 0.3 is 6.03 Å². The second kappa shape index (κ2) is 8.08. The van der Waals surface area contributed by atoms with Gasteiger partial charge in [-0.25, -0.2) is 22.9 Å². The Hall–Kier alpha value is -2.91. The summed E-state index contributed by atoms with van der Waals surface area (Å²) in [6.07, 6.45) is 6.57. The molecule has 3 aromatic rings. The number of rotatable bonds is 4. The zero-order valence-electron chi connectivity index (χ0n) is 17.0. The number of likely N-dealkylation sites (tertiary alicyclic amines) is 1. The first kappa shape index (κ1) is 20.4. The van der Waals surface area contributed by atoms with E-state index in [2.05, 4.69) is 10.0 Å². The minimum Gasteiger partial charge on any atom is -0.323 e. The molecular weight excluding hydrogens is 402 g/mol. The number of carbonyl (C=O) groups is 1. The summed E-state index contributed by atoms with van der Waals surface area (Å²) in [6, 6.07) is 11.1.